The highest BCUT2D eigenvalue weighted by molar-refractivity contribution is 8.00. The quantitative estimate of drug-likeness (QED) is 0.777. The summed E-state index contributed by atoms with van der Waals surface area (Å²) in [5.41, 5.74) is 1.83. The second-order valence-electron chi connectivity index (χ2n) is 4.97. The first-order valence-electron chi connectivity index (χ1n) is 6.78. The molecular weight excluding hydrogens is 314 g/mol. The van der Waals surface area contributed by atoms with Gasteiger partial charge in [-0.05, 0) is 17.5 Å². The van der Waals surface area contributed by atoms with E-state index in [0.717, 1.165) is 23.3 Å². The molecule has 1 aromatic rings. The largest absolute Gasteiger partial charge is 0.218 e. The number of hydrogen-bond acceptors (Lipinski definition) is 3. The minimum Gasteiger partial charge on any atom is -0.212 e. The zero-order valence-corrected chi connectivity index (χ0v) is 14.0. The van der Waals surface area contributed by atoms with E-state index in [1.165, 1.54) is 0 Å². The van der Waals surface area contributed by atoms with Crippen LogP contribution in [0.3, 0.4) is 0 Å². The predicted octanol–water partition coefficient (Wildman–Crippen LogP) is 3.08. The summed E-state index contributed by atoms with van der Waals surface area (Å²) in [6.07, 6.45) is 1.01. The summed E-state index contributed by atoms with van der Waals surface area (Å²) in [6, 6.07) is 7.48. The molecule has 20 heavy (non-hydrogen) atoms. The standard InChI is InChI=1S/C14H20ClNO2S2/c1-2-14-10-16(7-8-19-14)20(17,18)11-13-5-3-12(9-15)4-6-13/h3-6,14H,2,7-11H2,1H3. The van der Waals surface area contributed by atoms with Crippen molar-refractivity contribution in [1.29, 1.82) is 0 Å². The maximum atomic E-state index is 12.5. The van der Waals surface area contributed by atoms with E-state index in [2.05, 4.69) is 6.92 Å². The summed E-state index contributed by atoms with van der Waals surface area (Å²) in [6.45, 7) is 3.38. The van der Waals surface area contributed by atoms with Crippen LogP contribution in [0.5, 0.6) is 0 Å². The van der Waals surface area contributed by atoms with Gasteiger partial charge in [-0.25, -0.2) is 8.42 Å². The second-order valence-corrected chi connectivity index (χ2v) is 8.61. The molecule has 1 aliphatic rings. The highest BCUT2D eigenvalue weighted by Gasteiger charge is 2.28. The Morgan fingerprint density at radius 2 is 1.95 bits per heavy atom. The summed E-state index contributed by atoms with van der Waals surface area (Å²) in [5, 5.41) is 0.428. The number of sulfonamides is 1. The highest BCUT2D eigenvalue weighted by Crippen LogP contribution is 2.24. The molecular formula is C14H20ClNO2S2. The average Bonchev–Trinajstić information content (AvgIpc) is 2.48. The number of halogens is 1. The molecule has 0 aromatic heterocycles. The molecule has 0 spiro atoms. The maximum absolute atomic E-state index is 12.5. The molecule has 112 valence electrons. The van der Waals surface area contributed by atoms with E-state index >= 15 is 0 Å². The third kappa shape index (κ3) is 4.13. The number of alkyl halides is 1. The van der Waals surface area contributed by atoms with Crippen LogP contribution >= 0.6 is 23.4 Å². The molecule has 0 bridgehead atoms. The lowest BCUT2D eigenvalue weighted by atomic mass is 10.2. The molecule has 3 nitrogen and oxygen atoms in total. The summed E-state index contributed by atoms with van der Waals surface area (Å²) in [4.78, 5) is 0. The third-order valence-electron chi connectivity index (χ3n) is 3.48. The summed E-state index contributed by atoms with van der Waals surface area (Å²) in [5.74, 6) is 1.42. The summed E-state index contributed by atoms with van der Waals surface area (Å²) in [7, 11) is -3.21. The van der Waals surface area contributed by atoms with Crippen molar-refractivity contribution in [3.8, 4) is 0 Å². The topological polar surface area (TPSA) is 37.4 Å². The van der Waals surface area contributed by atoms with Crippen LogP contribution in [-0.4, -0.2) is 36.8 Å². The van der Waals surface area contributed by atoms with E-state index in [4.69, 9.17) is 11.6 Å². The van der Waals surface area contributed by atoms with Gasteiger partial charge in [0.1, 0.15) is 0 Å². The van der Waals surface area contributed by atoms with Gasteiger partial charge >= 0.3 is 0 Å². The van der Waals surface area contributed by atoms with E-state index in [9.17, 15) is 8.42 Å². The van der Waals surface area contributed by atoms with Crippen molar-refractivity contribution < 1.29 is 8.42 Å². The van der Waals surface area contributed by atoms with Crippen molar-refractivity contribution in [3.63, 3.8) is 0 Å². The van der Waals surface area contributed by atoms with E-state index in [1.807, 2.05) is 36.0 Å². The van der Waals surface area contributed by atoms with Gasteiger partial charge in [-0.2, -0.15) is 16.1 Å². The van der Waals surface area contributed by atoms with Crippen LogP contribution in [0.1, 0.15) is 24.5 Å². The van der Waals surface area contributed by atoms with Gasteiger partial charge in [0.15, 0.2) is 0 Å². The lowest BCUT2D eigenvalue weighted by molar-refractivity contribution is 0.415. The number of thioether (sulfide) groups is 1. The van der Waals surface area contributed by atoms with Crippen LogP contribution in [0.15, 0.2) is 24.3 Å². The van der Waals surface area contributed by atoms with E-state index in [0.29, 0.717) is 24.2 Å². The lowest BCUT2D eigenvalue weighted by Gasteiger charge is -2.31. The monoisotopic (exact) mass is 333 g/mol. The zero-order chi connectivity index (χ0) is 14.6. The second kappa shape index (κ2) is 7.16. The van der Waals surface area contributed by atoms with Crippen LogP contribution in [-0.2, 0) is 21.7 Å². The van der Waals surface area contributed by atoms with Gasteiger partial charge in [-0.1, -0.05) is 31.2 Å². The first kappa shape index (κ1) is 16.1. The Labute approximate surface area is 130 Å². The van der Waals surface area contributed by atoms with Crippen molar-refractivity contribution >= 4 is 33.4 Å². The first-order valence-corrected chi connectivity index (χ1v) is 9.97. The van der Waals surface area contributed by atoms with Crippen molar-refractivity contribution in [1.82, 2.24) is 4.31 Å². The van der Waals surface area contributed by atoms with Gasteiger partial charge in [0.25, 0.3) is 0 Å². The van der Waals surface area contributed by atoms with Crippen LogP contribution in [0.25, 0.3) is 0 Å². The van der Waals surface area contributed by atoms with Crippen LogP contribution in [0.4, 0.5) is 0 Å². The minimum atomic E-state index is -3.21. The molecule has 1 heterocycles. The van der Waals surface area contributed by atoms with Crippen molar-refractivity contribution in [2.45, 2.75) is 30.2 Å². The Morgan fingerprint density at radius 3 is 2.55 bits per heavy atom. The SMILES string of the molecule is CCC1CN(S(=O)(=O)Cc2ccc(CCl)cc2)CCS1. The predicted molar refractivity (Wildman–Crippen MR) is 86.7 cm³/mol. The molecule has 0 saturated carbocycles. The van der Waals surface area contributed by atoms with Crippen LogP contribution < -0.4 is 0 Å². The fourth-order valence-electron chi connectivity index (χ4n) is 2.22. The third-order valence-corrected chi connectivity index (χ3v) is 6.97. The molecule has 6 heteroatoms. The Kier molecular flexibility index (Phi) is 5.78. The Bertz CT molecular complexity index is 531. The van der Waals surface area contributed by atoms with Crippen LogP contribution in [0.2, 0.25) is 0 Å². The minimum absolute atomic E-state index is 0.0800. The van der Waals surface area contributed by atoms with Gasteiger partial charge in [-0.15, -0.1) is 11.6 Å². The molecule has 1 atom stereocenters. The molecule has 1 unspecified atom stereocenters. The highest BCUT2D eigenvalue weighted by atomic mass is 35.5. The van der Waals surface area contributed by atoms with Gasteiger partial charge in [0.2, 0.25) is 10.0 Å². The van der Waals surface area contributed by atoms with E-state index in [1.54, 1.807) is 4.31 Å². The fourth-order valence-corrected chi connectivity index (χ4v) is 5.36. The Balaban J connectivity index is 2.05. The van der Waals surface area contributed by atoms with E-state index < -0.39 is 10.0 Å². The lowest BCUT2D eigenvalue weighted by Crippen LogP contribution is -2.42. The molecule has 1 aliphatic heterocycles. The molecule has 1 aromatic carbocycles. The normalized spacial score (nSPS) is 21.0. The Morgan fingerprint density at radius 1 is 1.30 bits per heavy atom. The summed E-state index contributed by atoms with van der Waals surface area (Å²) < 4.78 is 26.6. The van der Waals surface area contributed by atoms with Gasteiger partial charge in [0.05, 0.1) is 5.75 Å². The van der Waals surface area contributed by atoms with Gasteiger partial charge in [0, 0.05) is 30.0 Å². The molecule has 2 rings (SSSR count). The molecule has 1 fully saturated rings. The van der Waals surface area contributed by atoms with Crippen LogP contribution in [0, 0.1) is 0 Å². The van der Waals surface area contributed by atoms with Gasteiger partial charge in [-0.3, -0.25) is 0 Å². The molecule has 0 N–H and O–H groups in total. The molecule has 0 radical (unpaired) electrons. The number of rotatable bonds is 5. The number of hydrogen-bond donors (Lipinski definition) is 0. The fraction of sp³-hybridized carbons (Fsp3) is 0.571. The van der Waals surface area contributed by atoms with Crippen molar-refractivity contribution in [3.05, 3.63) is 35.4 Å². The smallest absolute Gasteiger partial charge is 0.212 e. The van der Waals surface area contributed by atoms with E-state index in [-0.39, 0.29) is 5.75 Å². The van der Waals surface area contributed by atoms with Crippen molar-refractivity contribution in [2.75, 3.05) is 18.8 Å². The maximum Gasteiger partial charge on any atom is 0.218 e. The van der Waals surface area contributed by atoms with Crippen molar-refractivity contribution in [2.24, 2.45) is 0 Å². The molecule has 0 aliphatic carbocycles. The number of benzene rings is 1. The Hall–Kier alpha value is -0.230. The molecule has 1 saturated heterocycles. The number of nitrogens with zero attached hydrogens (tertiary/aromatic N) is 1. The summed E-state index contributed by atoms with van der Waals surface area (Å²) >= 11 is 7.61. The van der Waals surface area contributed by atoms with Gasteiger partial charge < -0.3 is 0 Å². The molecule has 0 amide bonds. The first-order chi connectivity index (χ1) is 9.55. The average molecular weight is 334 g/mol. The zero-order valence-electron chi connectivity index (χ0n) is 11.6.